The lowest BCUT2D eigenvalue weighted by Gasteiger charge is -2.19. The average molecular weight is 313 g/mol. The minimum Gasteiger partial charge on any atom is -0.355 e. The molecule has 0 saturated carbocycles. The van der Waals surface area contributed by atoms with E-state index in [4.69, 9.17) is 5.26 Å². The minimum absolute atomic E-state index is 0.0703. The Kier molecular flexibility index (Phi) is 4.36. The molecule has 0 radical (unpaired) electrons. The zero-order chi connectivity index (χ0) is 17.0. The molecular formula is C14H15N7O2. The van der Waals surface area contributed by atoms with Crippen molar-refractivity contribution >= 4 is 16.9 Å². The number of aromatic nitrogens is 4. The van der Waals surface area contributed by atoms with Gasteiger partial charge in [-0.15, -0.1) is 10.2 Å². The van der Waals surface area contributed by atoms with Gasteiger partial charge in [0.15, 0.2) is 0 Å². The molecule has 9 heteroatoms. The van der Waals surface area contributed by atoms with Gasteiger partial charge in [-0.2, -0.15) is 10.5 Å². The molecule has 0 fully saturated rings. The topological polar surface area (TPSA) is 133 Å². The lowest BCUT2D eigenvalue weighted by atomic mass is 9.86. The number of H-pyrrole nitrogens is 1. The zero-order valence-corrected chi connectivity index (χ0v) is 12.9. The molecule has 0 amide bonds. The van der Waals surface area contributed by atoms with Gasteiger partial charge < -0.3 is 5.32 Å². The van der Waals surface area contributed by atoms with E-state index in [1.54, 1.807) is 6.07 Å². The Morgan fingerprint density at radius 3 is 2.74 bits per heavy atom. The quantitative estimate of drug-likeness (QED) is 0.502. The third kappa shape index (κ3) is 3.68. The van der Waals surface area contributed by atoms with Crippen LogP contribution in [-0.2, 0) is 5.41 Å². The maximum atomic E-state index is 11.3. The van der Waals surface area contributed by atoms with Crippen LogP contribution in [0.4, 0.5) is 11.4 Å². The van der Waals surface area contributed by atoms with Crippen LogP contribution in [0.25, 0.3) is 5.57 Å². The summed E-state index contributed by atoms with van der Waals surface area (Å²) < 4.78 is 0. The van der Waals surface area contributed by atoms with Crippen LogP contribution in [-0.4, -0.2) is 25.5 Å². The van der Waals surface area contributed by atoms with Crippen molar-refractivity contribution in [1.29, 1.82) is 5.26 Å². The molecule has 1 aromatic heterocycles. The molecule has 2 N–H and O–H groups in total. The number of hydrogen-bond acceptors (Lipinski definition) is 7. The van der Waals surface area contributed by atoms with E-state index >= 15 is 0 Å². The molecule has 1 aromatic carbocycles. The van der Waals surface area contributed by atoms with Gasteiger partial charge in [-0.3, -0.25) is 10.1 Å². The number of hydrogen-bond donors (Lipinski definition) is 2. The van der Waals surface area contributed by atoms with E-state index in [-0.39, 0.29) is 28.2 Å². The molecule has 0 aliphatic rings. The summed E-state index contributed by atoms with van der Waals surface area (Å²) in [6.45, 7) is 5.93. The predicted octanol–water partition coefficient (Wildman–Crippen LogP) is 2.38. The van der Waals surface area contributed by atoms with Gasteiger partial charge in [0.05, 0.1) is 4.92 Å². The molecule has 2 rings (SSSR count). The second kappa shape index (κ2) is 6.23. The number of nitro benzene ring substituents is 1. The van der Waals surface area contributed by atoms with E-state index < -0.39 is 4.92 Å². The van der Waals surface area contributed by atoms with E-state index in [2.05, 4.69) is 25.9 Å². The number of benzene rings is 1. The predicted molar refractivity (Wildman–Crippen MR) is 83.2 cm³/mol. The van der Waals surface area contributed by atoms with Crippen molar-refractivity contribution in [2.24, 2.45) is 0 Å². The van der Waals surface area contributed by atoms with E-state index in [1.165, 1.54) is 12.3 Å². The molecule has 0 aliphatic carbocycles. The van der Waals surface area contributed by atoms with Crippen molar-refractivity contribution in [2.45, 2.75) is 26.2 Å². The van der Waals surface area contributed by atoms with Crippen LogP contribution in [0.15, 0.2) is 24.4 Å². The van der Waals surface area contributed by atoms with Crippen molar-refractivity contribution in [2.75, 3.05) is 5.32 Å². The van der Waals surface area contributed by atoms with Crippen molar-refractivity contribution in [3.05, 3.63) is 45.9 Å². The number of rotatable bonds is 4. The molecular weight excluding hydrogens is 298 g/mol. The summed E-state index contributed by atoms with van der Waals surface area (Å²) in [5, 5.41) is 36.1. The minimum atomic E-state index is -0.466. The summed E-state index contributed by atoms with van der Waals surface area (Å²) in [6, 6.07) is 6.85. The van der Waals surface area contributed by atoms with Crippen LogP contribution in [0, 0.1) is 21.4 Å². The maximum Gasteiger partial charge on any atom is 0.292 e. The molecule has 0 atom stereocenters. The summed E-state index contributed by atoms with van der Waals surface area (Å²) in [5.41, 5.74) is 0.949. The van der Waals surface area contributed by atoms with Crippen LogP contribution in [0.3, 0.4) is 0 Å². The molecule has 0 bridgehead atoms. The third-order valence-electron chi connectivity index (χ3n) is 3.14. The summed E-state index contributed by atoms with van der Waals surface area (Å²) in [7, 11) is 0. The molecule has 23 heavy (non-hydrogen) atoms. The first-order chi connectivity index (χ1) is 10.8. The van der Waals surface area contributed by atoms with E-state index in [9.17, 15) is 10.1 Å². The monoisotopic (exact) mass is 313 g/mol. The lowest BCUT2D eigenvalue weighted by Crippen LogP contribution is -2.11. The fraction of sp³-hybridized carbons (Fsp3) is 0.286. The Morgan fingerprint density at radius 2 is 2.22 bits per heavy atom. The Morgan fingerprint density at radius 1 is 1.48 bits per heavy atom. The van der Waals surface area contributed by atoms with Crippen LogP contribution < -0.4 is 5.32 Å². The number of nitrogens with zero attached hydrogens (tertiary/aromatic N) is 5. The maximum absolute atomic E-state index is 11.3. The van der Waals surface area contributed by atoms with Crippen molar-refractivity contribution in [3.63, 3.8) is 0 Å². The molecule has 0 spiro atoms. The number of anilines is 1. The SMILES string of the molecule is CC(C)(C)c1ccc(NC=C(C#N)c2nn[nH]n2)c([N+](=O)[O-])c1. The van der Waals surface area contributed by atoms with Gasteiger partial charge in [0, 0.05) is 12.3 Å². The highest BCUT2D eigenvalue weighted by atomic mass is 16.6. The zero-order valence-electron chi connectivity index (χ0n) is 12.9. The molecule has 9 nitrogen and oxygen atoms in total. The molecule has 0 unspecified atom stereocenters. The number of allylic oxidation sites excluding steroid dienone is 1. The highest BCUT2D eigenvalue weighted by Crippen LogP contribution is 2.31. The van der Waals surface area contributed by atoms with Crippen LogP contribution >= 0.6 is 0 Å². The standard InChI is InChI=1S/C14H15N7O2/c1-14(2,3)10-4-5-11(12(6-10)21(22)23)16-8-9(7-15)13-17-19-20-18-13/h4-6,8,16H,1-3H3,(H,17,18,19,20). The lowest BCUT2D eigenvalue weighted by molar-refractivity contribution is -0.384. The number of tetrazole rings is 1. The fourth-order valence-electron chi connectivity index (χ4n) is 1.84. The van der Waals surface area contributed by atoms with Gasteiger partial charge in [0.25, 0.3) is 5.69 Å². The van der Waals surface area contributed by atoms with Gasteiger partial charge in [-0.05, 0) is 22.3 Å². The molecule has 0 saturated heterocycles. The molecule has 1 heterocycles. The van der Waals surface area contributed by atoms with Crippen LogP contribution in [0.1, 0.15) is 32.2 Å². The second-order valence-electron chi connectivity index (χ2n) is 5.79. The average Bonchev–Trinajstić information content (AvgIpc) is 3.01. The highest BCUT2D eigenvalue weighted by molar-refractivity contribution is 5.75. The van der Waals surface area contributed by atoms with E-state index in [0.717, 1.165) is 5.56 Å². The largest absolute Gasteiger partial charge is 0.355 e. The third-order valence-corrected chi connectivity index (χ3v) is 3.14. The highest BCUT2D eigenvalue weighted by Gasteiger charge is 2.20. The van der Waals surface area contributed by atoms with E-state index in [1.807, 2.05) is 32.9 Å². The van der Waals surface area contributed by atoms with Gasteiger partial charge in [-0.25, -0.2) is 0 Å². The van der Waals surface area contributed by atoms with Gasteiger partial charge in [-0.1, -0.05) is 26.8 Å². The van der Waals surface area contributed by atoms with Gasteiger partial charge in [0.2, 0.25) is 5.82 Å². The first-order valence-electron chi connectivity index (χ1n) is 6.72. The van der Waals surface area contributed by atoms with Crippen molar-refractivity contribution < 1.29 is 4.92 Å². The smallest absolute Gasteiger partial charge is 0.292 e. The summed E-state index contributed by atoms with van der Waals surface area (Å²) in [5.74, 6) is 0.106. The Labute approximate surface area is 132 Å². The fourth-order valence-corrected chi connectivity index (χ4v) is 1.84. The molecule has 2 aromatic rings. The van der Waals surface area contributed by atoms with Gasteiger partial charge in [0.1, 0.15) is 17.3 Å². The Hall–Kier alpha value is -3.28. The second-order valence-corrected chi connectivity index (χ2v) is 5.79. The number of aromatic amines is 1. The molecule has 0 aliphatic heterocycles. The van der Waals surface area contributed by atoms with Gasteiger partial charge >= 0.3 is 0 Å². The number of nitro groups is 1. The summed E-state index contributed by atoms with van der Waals surface area (Å²) in [4.78, 5) is 10.8. The normalized spacial score (nSPS) is 11.8. The van der Waals surface area contributed by atoms with Crippen molar-refractivity contribution in [1.82, 2.24) is 20.6 Å². The summed E-state index contributed by atoms with van der Waals surface area (Å²) >= 11 is 0. The number of nitrogens with one attached hydrogen (secondary N) is 2. The van der Waals surface area contributed by atoms with Crippen LogP contribution in [0.2, 0.25) is 0 Å². The first kappa shape index (κ1) is 16.1. The molecule has 118 valence electrons. The summed E-state index contributed by atoms with van der Waals surface area (Å²) in [6.07, 6.45) is 1.31. The Balaban J connectivity index is 2.37. The first-order valence-corrected chi connectivity index (χ1v) is 6.72. The number of nitriles is 1. The van der Waals surface area contributed by atoms with Crippen LogP contribution in [0.5, 0.6) is 0 Å². The Bertz CT molecular complexity index is 782. The van der Waals surface area contributed by atoms with Crippen molar-refractivity contribution in [3.8, 4) is 6.07 Å². The van der Waals surface area contributed by atoms with E-state index in [0.29, 0.717) is 0 Å².